The lowest BCUT2D eigenvalue weighted by Crippen LogP contribution is -2.59. The SMILES string of the molecule is CC(CC1(N2CCN(Cc3ccccc3)CC2)CCOCC1)C(C)c1ncccc1C#N. The van der Waals surface area contributed by atoms with Crippen LogP contribution in [-0.2, 0) is 11.3 Å². The summed E-state index contributed by atoms with van der Waals surface area (Å²) in [7, 11) is 0. The molecule has 2 aliphatic heterocycles. The standard InChI is InChI=1S/C27H36N4O/c1-22(23(2)26-25(20-28)9-6-12-29-26)19-27(10-17-32-18-11-27)31-15-13-30(14-16-31)21-24-7-4-3-5-8-24/h3-9,12,22-23H,10-11,13-19,21H2,1-2H3. The Labute approximate surface area is 193 Å². The molecule has 1 aromatic heterocycles. The van der Waals surface area contributed by atoms with Crippen molar-refractivity contribution in [2.45, 2.75) is 51.1 Å². The molecule has 2 unspecified atom stereocenters. The molecule has 5 nitrogen and oxygen atoms in total. The fraction of sp³-hybridized carbons (Fsp3) is 0.556. The first kappa shape index (κ1) is 22.9. The lowest BCUT2D eigenvalue weighted by atomic mass is 9.75. The Kier molecular flexibility index (Phi) is 7.57. The molecule has 3 heterocycles. The average molecular weight is 433 g/mol. The lowest BCUT2D eigenvalue weighted by molar-refractivity contribution is -0.0596. The summed E-state index contributed by atoms with van der Waals surface area (Å²) < 4.78 is 5.79. The van der Waals surface area contributed by atoms with Crippen molar-refractivity contribution in [3.05, 3.63) is 65.5 Å². The molecular formula is C27H36N4O. The Balaban J connectivity index is 1.43. The molecule has 0 radical (unpaired) electrons. The summed E-state index contributed by atoms with van der Waals surface area (Å²) in [5.74, 6) is 0.697. The maximum absolute atomic E-state index is 9.54. The van der Waals surface area contributed by atoms with Crippen molar-refractivity contribution >= 4 is 0 Å². The van der Waals surface area contributed by atoms with Gasteiger partial charge in [0.1, 0.15) is 6.07 Å². The summed E-state index contributed by atoms with van der Waals surface area (Å²) in [6.07, 6.45) is 5.12. The van der Waals surface area contributed by atoms with Gasteiger partial charge in [-0.25, -0.2) is 0 Å². The molecule has 2 aliphatic rings. The molecule has 0 aliphatic carbocycles. The van der Waals surface area contributed by atoms with E-state index in [-0.39, 0.29) is 11.5 Å². The molecule has 2 saturated heterocycles. The fourth-order valence-corrected chi connectivity index (χ4v) is 5.54. The minimum absolute atomic E-state index is 0.187. The van der Waals surface area contributed by atoms with Crippen molar-refractivity contribution in [2.24, 2.45) is 5.92 Å². The van der Waals surface area contributed by atoms with Crippen molar-refractivity contribution < 1.29 is 4.74 Å². The quantitative estimate of drug-likeness (QED) is 0.647. The zero-order valence-corrected chi connectivity index (χ0v) is 19.5. The van der Waals surface area contributed by atoms with Gasteiger partial charge in [0.15, 0.2) is 0 Å². The summed E-state index contributed by atoms with van der Waals surface area (Å²) >= 11 is 0. The third-order valence-corrected chi connectivity index (χ3v) is 7.66. The molecule has 0 saturated carbocycles. The fourth-order valence-electron chi connectivity index (χ4n) is 5.54. The van der Waals surface area contributed by atoms with Gasteiger partial charge in [0.2, 0.25) is 0 Å². The Hall–Kier alpha value is -2.26. The first-order valence-corrected chi connectivity index (χ1v) is 12.1. The van der Waals surface area contributed by atoms with Crippen molar-refractivity contribution in [1.82, 2.24) is 14.8 Å². The maximum atomic E-state index is 9.54. The Morgan fingerprint density at radius 2 is 1.75 bits per heavy atom. The van der Waals surface area contributed by atoms with Crippen LogP contribution in [0.2, 0.25) is 0 Å². The number of rotatable bonds is 7. The van der Waals surface area contributed by atoms with E-state index in [1.54, 1.807) is 0 Å². The molecular weight excluding hydrogens is 396 g/mol. The second-order valence-corrected chi connectivity index (χ2v) is 9.60. The van der Waals surface area contributed by atoms with E-state index in [4.69, 9.17) is 4.74 Å². The molecule has 2 aromatic rings. The van der Waals surface area contributed by atoms with E-state index in [1.807, 2.05) is 18.3 Å². The van der Waals surface area contributed by atoms with Gasteiger partial charge >= 0.3 is 0 Å². The summed E-state index contributed by atoms with van der Waals surface area (Å²) in [5, 5.41) is 9.54. The highest BCUT2D eigenvalue weighted by molar-refractivity contribution is 5.34. The molecule has 0 spiro atoms. The minimum Gasteiger partial charge on any atom is -0.381 e. The average Bonchev–Trinajstić information content (AvgIpc) is 2.85. The van der Waals surface area contributed by atoms with Crippen LogP contribution in [0.5, 0.6) is 0 Å². The molecule has 0 amide bonds. The van der Waals surface area contributed by atoms with E-state index >= 15 is 0 Å². The molecule has 32 heavy (non-hydrogen) atoms. The van der Waals surface area contributed by atoms with Crippen LogP contribution in [0.3, 0.4) is 0 Å². The molecule has 0 bridgehead atoms. The van der Waals surface area contributed by atoms with Crippen LogP contribution in [0, 0.1) is 17.2 Å². The number of nitrogens with zero attached hydrogens (tertiary/aromatic N) is 4. The first-order chi connectivity index (χ1) is 15.6. The zero-order valence-electron chi connectivity index (χ0n) is 19.5. The number of aromatic nitrogens is 1. The van der Waals surface area contributed by atoms with Gasteiger partial charge in [-0.15, -0.1) is 0 Å². The largest absolute Gasteiger partial charge is 0.381 e. The molecule has 4 rings (SSSR count). The summed E-state index contributed by atoms with van der Waals surface area (Å²) in [4.78, 5) is 9.92. The number of benzene rings is 1. The Morgan fingerprint density at radius 3 is 2.44 bits per heavy atom. The van der Waals surface area contributed by atoms with Gasteiger partial charge in [0.05, 0.1) is 11.3 Å². The van der Waals surface area contributed by atoms with Crippen molar-refractivity contribution in [3.8, 4) is 6.07 Å². The van der Waals surface area contributed by atoms with E-state index in [0.717, 1.165) is 70.9 Å². The third-order valence-electron chi connectivity index (χ3n) is 7.66. The topological polar surface area (TPSA) is 52.4 Å². The first-order valence-electron chi connectivity index (χ1n) is 12.1. The number of pyridine rings is 1. The van der Waals surface area contributed by atoms with Gasteiger partial charge in [-0.05, 0) is 42.9 Å². The molecule has 170 valence electrons. The van der Waals surface area contributed by atoms with E-state index in [0.29, 0.717) is 11.5 Å². The van der Waals surface area contributed by atoms with Crippen LogP contribution in [0.25, 0.3) is 0 Å². The van der Waals surface area contributed by atoms with Gasteiger partial charge in [-0.3, -0.25) is 14.8 Å². The highest BCUT2D eigenvalue weighted by atomic mass is 16.5. The second kappa shape index (κ2) is 10.6. The Morgan fingerprint density at radius 1 is 1.03 bits per heavy atom. The summed E-state index contributed by atoms with van der Waals surface area (Å²) in [5.41, 5.74) is 3.24. The highest BCUT2D eigenvalue weighted by Crippen LogP contribution is 2.39. The number of hydrogen-bond donors (Lipinski definition) is 0. The van der Waals surface area contributed by atoms with E-state index in [9.17, 15) is 5.26 Å². The number of ether oxygens (including phenoxy) is 1. The number of hydrogen-bond acceptors (Lipinski definition) is 5. The molecule has 1 aromatic carbocycles. The van der Waals surface area contributed by atoms with Crippen LogP contribution in [0.1, 0.15) is 55.8 Å². The predicted octanol–water partition coefficient (Wildman–Crippen LogP) is 4.45. The number of nitriles is 1. The second-order valence-electron chi connectivity index (χ2n) is 9.60. The van der Waals surface area contributed by atoms with Gasteiger partial charge in [0.25, 0.3) is 0 Å². The molecule has 0 N–H and O–H groups in total. The summed E-state index contributed by atoms with van der Waals surface area (Å²) in [6.45, 7) is 11.7. The lowest BCUT2D eigenvalue weighted by Gasteiger charge is -2.51. The van der Waals surface area contributed by atoms with E-state index in [1.165, 1.54) is 5.56 Å². The smallest absolute Gasteiger partial charge is 0.101 e. The van der Waals surface area contributed by atoms with Gasteiger partial charge < -0.3 is 4.74 Å². The number of piperazine rings is 1. The highest BCUT2D eigenvalue weighted by Gasteiger charge is 2.41. The van der Waals surface area contributed by atoms with Crippen LogP contribution >= 0.6 is 0 Å². The molecule has 2 atom stereocenters. The van der Waals surface area contributed by atoms with Crippen LogP contribution < -0.4 is 0 Å². The maximum Gasteiger partial charge on any atom is 0.101 e. The van der Waals surface area contributed by atoms with E-state index < -0.39 is 0 Å². The molecule has 5 heteroatoms. The van der Waals surface area contributed by atoms with Crippen LogP contribution in [0.15, 0.2) is 48.7 Å². The van der Waals surface area contributed by atoms with Crippen molar-refractivity contribution in [1.29, 1.82) is 5.26 Å². The van der Waals surface area contributed by atoms with Crippen LogP contribution in [-0.4, -0.2) is 59.7 Å². The van der Waals surface area contributed by atoms with Gasteiger partial charge in [-0.2, -0.15) is 5.26 Å². The van der Waals surface area contributed by atoms with Crippen LogP contribution in [0.4, 0.5) is 0 Å². The zero-order chi connectivity index (χ0) is 22.4. The van der Waals surface area contributed by atoms with E-state index in [2.05, 4.69) is 65.0 Å². The normalized spacial score (nSPS) is 21.5. The Bertz CT molecular complexity index is 895. The van der Waals surface area contributed by atoms with Crippen molar-refractivity contribution in [2.75, 3.05) is 39.4 Å². The van der Waals surface area contributed by atoms with Crippen molar-refractivity contribution in [3.63, 3.8) is 0 Å². The van der Waals surface area contributed by atoms with Gasteiger partial charge in [-0.1, -0.05) is 44.2 Å². The predicted molar refractivity (Wildman–Crippen MR) is 127 cm³/mol. The van der Waals surface area contributed by atoms with Gasteiger partial charge in [0, 0.05) is 63.6 Å². The minimum atomic E-state index is 0.187. The monoisotopic (exact) mass is 432 g/mol. The third kappa shape index (κ3) is 5.20. The summed E-state index contributed by atoms with van der Waals surface area (Å²) in [6, 6.07) is 16.9. The molecule has 2 fully saturated rings.